The minimum atomic E-state index is -0.435. The average Bonchev–Trinajstić information content (AvgIpc) is 2.22. The van der Waals surface area contributed by atoms with Gasteiger partial charge in [-0.15, -0.1) is 12.4 Å². The molecule has 102 valence electrons. The number of carbonyl (C=O) groups is 1. The van der Waals surface area contributed by atoms with Crippen LogP contribution in [0.5, 0.6) is 0 Å². The number of nitrogens with two attached hydrogens (primary N) is 1. The first-order valence-corrected chi connectivity index (χ1v) is 6.04. The predicted molar refractivity (Wildman–Crippen MR) is 79.2 cm³/mol. The van der Waals surface area contributed by atoms with Gasteiger partial charge in [-0.1, -0.05) is 26.0 Å². The van der Waals surface area contributed by atoms with Crippen molar-refractivity contribution in [3.8, 4) is 0 Å². The van der Waals surface area contributed by atoms with Crippen LogP contribution < -0.4 is 11.1 Å². The lowest BCUT2D eigenvalue weighted by atomic mass is 10.0. The lowest BCUT2D eigenvalue weighted by molar-refractivity contribution is -0.117. The van der Waals surface area contributed by atoms with E-state index in [4.69, 9.17) is 5.73 Å². The molecule has 0 aliphatic heterocycles. The van der Waals surface area contributed by atoms with Gasteiger partial charge in [0, 0.05) is 5.69 Å². The third kappa shape index (κ3) is 5.07. The molecule has 0 aromatic heterocycles. The fourth-order valence-electron chi connectivity index (χ4n) is 1.71. The zero-order valence-corrected chi connectivity index (χ0v) is 12.3. The highest BCUT2D eigenvalue weighted by atomic mass is 35.5. The van der Waals surface area contributed by atoms with Crippen molar-refractivity contribution >= 4 is 24.0 Å². The molecule has 0 saturated heterocycles. The van der Waals surface area contributed by atoms with Crippen molar-refractivity contribution in [3.63, 3.8) is 0 Å². The largest absolute Gasteiger partial charge is 0.324 e. The third-order valence-electron chi connectivity index (χ3n) is 2.71. The lowest BCUT2D eigenvalue weighted by Gasteiger charge is -2.15. The number of nitrogens with one attached hydrogen (secondary N) is 1. The van der Waals surface area contributed by atoms with Gasteiger partial charge in [0.1, 0.15) is 0 Å². The Bertz CT molecular complexity index is 405. The van der Waals surface area contributed by atoms with Crippen LogP contribution in [0.4, 0.5) is 5.69 Å². The first-order valence-electron chi connectivity index (χ1n) is 6.04. The molecule has 3 nitrogen and oxygen atoms in total. The van der Waals surface area contributed by atoms with Gasteiger partial charge in [0.05, 0.1) is 6.04 Å². The van der Waals surface area contributed by atoms with Gasteiger partial charge in [-0.3, -0.25) is 4.79 Å². The molecule has 1 amide bonds. The van der Waals surface area contributed by atoms with Crippen LogP contribution in [-0.4, -0.2) is 11.9 Å². The highest BCUT2D eigenvalue weighted by Gasteiger charge is 2.15. The summed E-state index contributed by atoms with van der Waals surface area (Å²) in [5.41, 5.74) is 8.88. The van der Waals surface area contributed by atoms with Gasteiger partial charge in [-0.2, -0.15) is 0 Å². The molecule has 1 rings (SSSR count). The van der Waals surface area contributed by atoms with Gasteiger partial charge in [-0.05, 0) is 43.4 Å². The topological polar surface area (TPSA) is 55.1 Å². The Hall–Kier alpha value is -1.06. The van der Waals surface area contributed by atoms with E-state index in [1.807, 2.05) is 32.0 Å². The first kappa shape index (κ1) is 16.9. The standard InChI is InChI=1S/C14H22N2O.ClH/c1-9(2)7-12(15)14(17)16-13-8-10(3)5-6-11(13)4;/h5-6,8-9,12H,7,15H2,1-4H3,(H,16,17);1H/t12-;/m0./s1. The molecule has 0 unspecified atom stereocenters. The molecule has 1 aromatic rings. The van der Waals surface area contributed by atoms with Crippen LogP contribution in [0.1, 0.15) is 31.4 Å². The molecule has 0 heterocycles. The second-order valence-electron chi connectivity index (χ2n) is 5.04. The summed E-state index contributed by atoms with van der Waals surface area (Å²) < 4.78 is 0. The summed E-state index contributed by atoms with van der Waals surface area (Å²) in [6, 6.07) is 5.56. The number of rotatable bonds is 4. The van der Waals surface area contributed by atoms with Gasteiger partial charge in [-0.25, -0.2) is 0 Å². The van der Waals surface area contributed by atoms with Gasteiger partial charge < -0.3 is 11.1 Å². The van der Waals surface area contributed by atoms with E-state index < -0.39 is 6.04 Å². The van der Waals surface area contributed by atoms with E-state index in [0.717, 1.165) is 16.8 Å². The molecule has 0 radical (unpaired) electrons. The maximum atomic E-state index is 11.9. The number of hydrogen-bond acceptors (Lipinski definition) is 2. The second-order valence-corrected chi connectivity index (χ2v) is 5.04. The molecule has 3 N–H and O–H groups in total. The summed E-state index contributed by atoms with van der Waals surface area (Å²) in [4.78, 5) is 11.9. The summed E-state index contributed by atoms with van der Waals surface area (Å²) in [5.74, 6) is 0.321. The van der Waals surface area contributed by atoms with Gasteiger partial charge in [0.15, 0.2) is 0 Å². The van der Waals surface area contributed by atoms with Crippen molar-refractivity contribution in [3.05, 3.63) is 29.3 Å². The van der Waals surface area contributed by atoms with Crippen LogP contribution in [-0.2, 0) is 4.79 Å². The summed E-state index contributed by atoms with van der Waals surface area (Å²) in [6.07, 6.45) is 0.705. The highest BCUT2D eigenvalue weighted by molar-refractivity contribution is 5.95. The van der Waals surface area contributed by atoms with Crippen molar-refractivity contribution in [2.24, 2.45) is 11.7 Å². The van der Waals surface area contributed by atoms with Crippen molar-refractivity contribution in [1.29, 1.82) is 0 Å². The van der Waals surface area contributed by atoms with E-state index in [0.29, 0.717) is 12.3 Å². The second kappa shape index (κ2) is 7.39. The van der Waals surface area contributed by atoms with Crippen LogP contribution in [0.2, 0.25) is 0 Å². The van der Waals surface area contributed by atoms with Crippen molar-refractivity contribution < 1.29 is 4.79 Å². The Morgan fingerprint density at radius 2 is 1.94 bits per heavy atom. The minimum Gasteiger partial charge on any atom is -0.324 e. The summed E-state index contributed by atoms with van der Waals surface area (Å²) in [7, 11) is 0. The smallest absolute Gasteiger partial charge is 0.241 e. The van der Waals surface area contributed by atoms with Crippen LogP contribution in [0.15, 0.2) is 18.2 Å². The number of anilines is 1. The Balaban J connectivity index is 0.00000289. The zero-order valence-electron chi connectivity index (χ0n) is 11.5. The van der Waals surface area contributed by atoms with Crippen LogP contribution in [0, 0.1) is 19.8 Å². The molecular weight excluding hydrogens is 248 g/mol. The molecule has 0 spiro atoms. The lowest BCUT2D eigenvalue weighted by Crippen LogP contribution is -2.36. The molecule has 18 heavy (non-hydrogen) atoms. The number of hydrogen-bond donors (Lipinski definition) is 2. The number of amides is 1. The highest BCUT2D eigenvalue weighted by Crippen LogP contribution is 2.17. The summed E-state index contributed by atoms with van der Waals surface area (Å²) in [6.45, 7) is 8.10. The van der Waals surface area contributed by atoms with E-state index in [-0.39, 0.29) is 18.3 Å². The maximum Gasteiger partial charge on any atom is 0.241 e. The monoisotopic (exact) mass is 270 g/mol. The van der Waals surface area contributed by atoms with Gasteiger partial charge >= 0.3 is 0 Å². The SMILES string of the molecule is Cc1ccc(C)c(NC(=O)[C@@H](N)CC(C)C)c1.Cl. The fourth-order valence-corrected chi connectivity index (χ4v) is 1.71. The van der Waals surface area contributed by atoms with Crippen LogP contribution in [0.3, 0.4) is 0 Å². The quantitative estimate of drug-likeness (QED) is 0.884. The van der Waals surface area contributed by atoms with Crippen LogP contribution >= 0.6 is 12.4 Å². The Morgan fingerprint density at radius 1 is 1.33 bits per heavy atom. The third-order valence-corrected chi connectivity index (χ3v) is 2.71. The number of halogens is 1. The maximum absolute atomic E-state index is 11.9. The summed E-state index contributed by atoms with van der Waals surface area (Å²) >= 11 is 0. The van der Waals surface area contributed by atoms with E-state index in [2.05, 4.69) is 19.2 Å². The van der Waals surface area contributed by atoms with Crippen molar-refractivity contribution in [2.45, 2.75) is 40.2 Å². The minimum absolute atomic E-state index is 0. The van der Waals surface area contributed by atoms with E-state index >= 15 is 0 Å². The van der Waals surface area contributed by atoms with Gasteiger partial charge in [0.2, 0.25) is 5.91 Å². The van der Waals surface area contributed by atoms with Crippen molar-refractivity contribution in [2.75, 3.05) is 5.32 Å². The van der Waals surface area contributed by atoms with E-state index in [9.17, 15) is 4.79 Å². The van der Waals surface area contributed by atoms with E-state index in [1.165, 1.54) is 0 Å². The Morgan fingerprint density at radius 3 is 2.50 bits per heavy atom. The number of aryl methyl sites for hydroxylation is 2. The number of carbonyl (C=O) groups excluding carboxylic acids is 1. The molecule has 0 saturated carbocycles. The molecule has 0 aliphatic carbocycles. The zero-order chi connectivity index (χ0) is 13.0. The summed E-state index contributed by atoms with van der Waals surface area (Å²) in [5, 5.41) is 2.89. The van der Waals surface area contributed by atoms with Gasteiger partial charge in [0.25, 0.3) is 0 Å². The molecule has 1 atom stereocenters. The normalized spacial score (nSPS) is 11.9. The van der Waals surface area contributed by atoms with Crippen LogP contribution in [0.25, 0.3) is 0 Å². The molecule has 0 fully saturated rings. The molecule has 0 bridgehead atoms. The first-order chi connectivity index (χ1) is 7.90. The Labute approximate surface area is 116 Å². The molecule has 0 aliphatic rings. The average molecular weight is 271 g/mol. The fraction of sp³-hybridized carbons (Fsp3) is 0.500. The molecule has 1 aromatic carbocycles. The van der Waals surface area contributed by atoms with Crippen molar-refractivity contribution in [1.82, 2.24) is 0 Å². The Kier molecular flexibility index (Phi) is 6.96. The van der Waals surface area contributed by atoms with E-state index in [1.54, 1.807) is 0 Å². The molecular formula is C14H23ClN2O. The molecule has 4 heteroatoms. The number of benzene rings is 1. The predicted octanol–water partition coefficient (Wildman–Crippen LogP) is 3.04.